The molecular weight excluding hydrogens is 360 g/mol. The summed E-state index contributed by atoms with van der Waals surface area (Å²) in [7, 11) is 1.60. The summed E-state index contributed by atoms with van der Waals surface area (Å²) in [5.41, 5.74) is 2.13. The monoisotopic (exact) mass is 376 g/mol. The molecule has 27 heavy (non-hydrogen) atoms. The van der Waals surface area contributed by atoms with E-state index in [1.807, 2.05) is 42.5 Å². The minimum Gasteiger partial charge on any atom is -0.497 e. The van der Waals surface area contributed by atoms with Crippen LogP contribution in [0.1, 0.15) is 11.1 Å². The van der Waals surface area contributed by atoms with Crippen LogP contribution in [0.3, 0.4) is 0 Å². The fraction of sp³-hybridized carbons (Fsp3) is 0.100. The van der Waals surface area contributed by atoms with E-state index < -0.39 is 5.91 Å². The van der Waals surface area contributed by atoms with Crippen LogP contribution in [0.25, 0.3) is 6.08 Å². The third kappa shape index (κ3) is 3.54. The number of carbonyl (C=O) groups excluding carboxylic acids is 1. The number of benzene rings is 2. The molecule has 2 heterocycles. The molecule has 2 aromatic carbocycles. The molecule has 0 aliphatic carbocycles. The predicted octanol–water partition coefficient (Wildman–Crippen LogP) is 3.56. The fourth-order valence-electron chi connectivity index (χ4n) is 2.74. The summed E-state index contributed by atoms with van der Waals surface area (Å²) >= 11 is 1.33. The van der Waals surface area contributed by atoms with Gasteiger partial charge < -0.3 is 4.74 Å². The number of aliphatic imine (C=N–C) groups is 1. The molecule has 0 spiro atoms. The normalized spacial score (nSPS) is 17.7. The van der Waals surface area contributed by atoms with Gasteiger partial charge in [0, 0.05) is 6.42 Å². The summed E-state index contributed by atoms with van der Waals surface area (Å²) < 4.78 is 5.14. The van der Waals surface area contributed by atoms with Gasteiger partial charge in [0.05, 0.1) is 12.7 Å². The average Bonchev–Trinajstić information content (AvgIpc) is 3.09. The van der Waals surface area contributed by atoms with Gasteiger partial charge in [-0.3, -0.25) is 10.2 Å². The van der Waals surface area contributed by atoms with Crippen molar-refractivity contribution < 1.29 is 9.53 Å². The molecule has 0 aromatic heterocycles. The van der Waals surface area contributed by atoms with E-state index in [0.717, 1.165) is 21.9 Å². The highest BCUT2D eigenvalue weighted by Crippen LogP contribution is 2.29. The van der Waals surface area contributed by atoms with Crippen LogP contribution in [0.4, 0.5) is 0 Å². The summed E-state index contributed by atoms with van der Waals surface area (Å²) in [6.45, 7) is 0. The molecule has 0 bridgehead atoms. The lowest BCUT2D eigenvalue weighted by molar-refractivity contribution is -0.114. The first kappa shape index (κ1) is 17.2. The Balaban J connectivity index is 1.59. The van der Waals surface area contributed by atoms with Crippen LogP contribution in [0.2, 0.25) is 0 Å². The van der Waals surface area contributed by atoms with Gasteiger partial charge in [-0.1, -0.05) is 42.5 Å². The lowest BCUT2D eigenvalue weighted by Crippen LogP contribution is -2.35. The second kappa shape index (κ2) is 7.20. The second-order valence-electron chi connectivity index (χ2n) is 5.95. The summed E-state index contributed by atoms with van der Waals surface area (Å²) in [6, 6.07) is 17.2. The second-order valence-corrected chi connectivity index (χ2v) is 6.99. The number of fused-ring (bicyclic) bond motifs is 1. The van der Waals surface area contributed by atoms with Gasteiger partial charge in [-0.25, -0.2) is 0 Å². The predicted molar refractivity (Wildman–Crippen MR) is 108 cm³/mol. The number of hydrogen-bond acceptors (Lipinski definition) is 5. The zero-order valence-electron chi connectivity index (χ0n) is 14.5. The Bertz CT molecular complexity index is 994. The Hall–Kier alpha value is -3.19. The summed E-state index contributed by atoms with van der Waals surface area (Å²) in [5, 5.41) is 15.6. The lowest BCUT2D eigenvalue weighted by Gasteiger charge is -2.20. The van der Waals surface area contributed by atoms with Crippen LogP contribution in [-0.2, 0) is 11.2 Å². The number of rotatable bonds is 4. The molecule has 2 aliphatic rings. The van der Waals surface area contributed by atoms with Gasteiger partial charge in [0.1, 0.15) is 10.8 Å². The van der Waals surface area contributed by atoms with Gasteiger partial charge in [-0.15, -0.1) is 0 Å². The molecule has 2 aromatic rings. The van der Waals surface area contributed by atoms with E-state index in [0.29, 0.717) is 11.6 Å². The van der Waals surface area contributed by atoms with Crippen LogP contribution < -0.4 is 4.74 Å². The van der Waals surface area contributed by atoms with Crippen molar-refractivity contribution in [3.8, 4) is 5.75 Å². The van der Waals surface area contributed by atoms with Gasteiger partial charge >= 0.3 is 0 Å². The maximum atomic E-state index is 12.4. The van der Waals surface area contributed by atoms with Crippen molar-refractivity contribution in [2.24, 2.45) is 10.1 Å². The van der Waals surface area contributed by atoms with E-state index in [9.17, 15) is 4.79 Å². The molecule has 7 heteroatoms. The highest BCUT2D eigenvalue weighted by Gasteiger charge is 2.35. The van der Waals surface area contributed by atoms with E-state index in [1.165, 1.54) is 16.8 Å². The van der Waals surface area contributed by atoms with E-state index in [4.69, 9.17) is 10.1 Å². The number of methoxy groups -OCH3 is 1. The summed E-state index contributed by atoms with van der Waals surface area (Å²) in [6.07, 6.45) is 2.29. The SMILES string of the molecule is COc1ccc(C=C2C(=N)N3N=C(Cc4ccccc4)SC3=NC2=O)cc1. The average molecular weight is 376 g/mol. The van der Waals surface area contributed by atoms with E-state index in [2.05, 4.69) is 10.1 Å². The molecule has 0 saturated carbocycles. The van der Waals surface area contributed by atoms with E-state index in [1.54, 1.807) is 25.3 Å². The van der Waals surface area contributed by atoms with Crippen molar-refractivity contribution >= 4 is 39.8 Å². The molecule has 0 atom stereocenters. The molecule has 134 valence electrons. The number of amides is 1. The molecule has 0 unspecified atom stereocenters. The van der Waals surface area contributed by atoms with Gasteiger partial charge in [0.25, 0.3) is 5.91 Å². The number of amidine groups is 2. The third-order valence-corrected chi connectivity index (χ3v) is 5.03. The molecule has 4 rings (SSSR count). The van der Waals surface area contributed by atoms with Crippen LogP contribution in [0, 0.1) is 5.41 Å². The van der Waals surface area contributed by atoms with Crippen LogP contribution in [-0.4, -0.2) is 34.1 Å². The number of hydrogen-bond donors (Lipinski definition) is 1. The van der Waals surface area contributed by atoms with E-state index >= 15 is 0 Å². The molecule has 1 amide bonds. The number of hydrazone groups is 1. The quantitative estimate of drug-likeness (QED) is 0.828. The third-order valence-electron chi connectivity index (χ3n) is 4.12. The standard InChI is InChI=1S/C20H16N4O2S/c1-26-15-9-7-14(8-10-15)11-16-18(21)24-20(22-19(16)25)27-17(23-24)12-13-5-3-2-4-6-13/h2-11,21H,12H2,1H3. The maximum absolute atomic E-state index is 12.4. The Morgan fingerprint density at radius 2 is 1.89 bits per heavy atom. The molecule has 0 saturated heterocycles. The fourth-order valence-corrected chi connectivity index (χ4v) is 3.66. The van der Waals surface area contributed by atoms with Crippen molar-refractivity contribution in [2.45, 2.75) is 6.42 Å². The summed E-state index contributed by atoms with van der Waals surface area (Å²) in [4.78, 5) is 16.5. The minimum atomic E-state index is -0.425. The lowest BCUT2D eigenvalue weighted by atomic mass is 10.1. The molecule has 1 N–H and O–H groups in total. The Labute approximate surface area is 160 Å². The van der Waals surface area contributed by atoms with Crippen molar-refractivity contribution in [1.82, 2.24) is 5.01 Å². The number of thioether (sulfide) groups is 1. The van der Waals surface area contributed by atoms with Gasteiger partial charge in [-0.2, -0.15) is 15.1 Å². The number of nitrogens with zero attached hydrogens (tertiary/aromatic N) is 3. The van der Waals surface area contributed by atoms with Crippen molar-refractivity contribution in [1.29, 1.82) is 5.41 Å². The Morgan fingerprint density at radius 1 is 1.15 bits per heavy atom. The first-order chi connectivity index (χ1) is 13.1. The highest BCUT2D eigenvalue weighted by molar-refractivity contribution is 8.26. The topological polar surface area (TPSA) is 78.1 Å². The molecular formula is C20H16N4O2S. The van der Waals surface area contributed by atoms with Crippen LogP contribution >= 0.6 is 11.8 Å². The summed E-state index contributed by atoms with van der Waals surface area (Å²) in [5.74, 6) is 0.343. The zero-order valence-corrected chi connectivity index (χ0v) is 15.4. The van der Waals surface area contributed by atoms with Crippen LogP contribution in [0.15, 0.2) is 70.3 Å². The largest absolute Gasteiger partial charge is 0.497 e. The van der Waals surface area contributed by atoms with Crippen molar-refractivity contribution in [3.05, 3.63) is 71.3 Å². The van der Waals surface area contributed by atoms with Gasteiger partial charge in [-0.05, 0) is 41.1 Å². The van der Waals surface area contributed by atoms with Gasteiger partial charge in [0.15, 0.2) is 5.84 Å². The van der Waals surface area contributed by atoms with Crippen molar-refractivity contribution in [3.63, 3.8) is 0 Å². The van der Waals surface area contributed by atoms with Gasteiger partial charge in [0.2, 0.25) is 5.17 Å². The molecule has 2 aliphatic heterocycles. The molecule has 6 nitrogen and oxygen atoms in total. The molecule has 0 radical (unpaired) electrons. The van der Waals surface area contributed by atoms with Crippen molar-refractivity contribution in [2.75, 3.05) is 7.11 Å². The highest BCUT2D eigenvalue weighted by atomic mass is 32.2. The Morgan fingerprint density at radius 3 is 2.59 bits per heavy atom. The zero-order chi connectivity index (χ0) is 18.8. The number of nitrogens with one attached hydrogen (secondary N) is 1. The first-order valence-electron chi connectivity index (χ1n) is 8.31. The number of carbonyl (C=O) groups is 1. The molecule has 0 fully saturated rings. The number of ether oxygens (including phenoxy) is 1. The van der Waals surface area contributed by atoms with E-state index in [-0.39, 0.29) is 11.4 Å². The minimum absolute atomic E-state index is 0.0383. The maximum Gasteiger partial charge on any atom is 0.283 e. The smallest absolute Gasteiger partial charge is 0.283 e. The Kier molecular flexibility index (Phi) is 4.60. The van der Waals surface area contributed by atoms with Crippen LogP contribution in [0.5, 0.6) is 5.75 Å². The first-order valence-corrected chi connectivity index (χ1v) is 9.13.